The van der Waals surface area contributed by atoms with Gasteiger partial charge in [0.05, 0.1) is 0 Å². The summed E-state index contributed by atoms with van der Waals surface area (Å²) in [5.41, 5.74) is 10.1. The van der Waals surface area contributed by atoms with Crippen molar-refractivity contribution >= 4 is 39.9 Å². The van der Waals surface area contributed by atoms with Crippen molar-refractivity contribution in [3.63, 3.8) is 0 Å². The van der Waals surface area contributed by atoms with Crippen LogP contribution in [0, 0.1) is 39.8 Å². The third-order valence-electron chi connectivity index (χ3n) is 8.96. The zero-order valence-electron chi connectivity index (χ0n) is 25.7. The molecule has 7 aromatic rings. The van der Waals surface area contributed by atoms with Gasteiger partial charge in [-0.25, -0.2) is 4.98 Å². The van der Waals surface area contributed by atoms with Crippen molar-refractivity contribution in [1.29, 1.82) is 0 Å². The number of anilines is 1. The zero-order valence-corrected chi connectivity index (χ0v) is 28.0. The normalized spacial score (nSPS) is 12.3. The minimum Gasteiger partial charge on any atom is -0.503 e. The summed E-state index contributed by atoms with van der Waals surface area (Å²) in [5, 5.41) is 2.25. The van der Waals surface area contributed by atoms with Crippen molar-refractivity contribution in [2.24, 2.45) is 0 Å². The van der Waals surface area contributed by atoms with Crippen LogP contribution in [-0.4, -0.2) is 33.0 Å². The molecule has 3 aromatic heterocycles. The minimum absolute atomic E-state index is 0. The van der Waals surface area contributed by atoms with E-state index in [1.165, 1.54) is 22.2 Å². The summed E-state index contributed by atoms with van der Waals surface area (Å²) in [6.07, 6.45) is 5.84. The zero-order chi connectivity index (χ0) is 30.1. The van der Waals surface area contributed by atoms with Crippen molar-refractivity contribution in [3.8, 4) is 28.7 Å². The first kappa shape index (κ1) is 29.1. The van der Waals surface area contributed by atoms with Crippen molar-refractivity contribution < 1.29 is 25.8 Å². The van der Waals surface area contributed by atoms with Crippen LogP contribution in [0.2, 0.25) is 0 Å². The van der Waals surface area contributed by atoms with E-state index in [0.717, 1.165) is 50.3 Å². The molecule has 0 atom stereocenters. The third kappa shape index (κ3) is 4.60. The van der Waals surface area contributed by atoms with Crippen LogP contribution in [0.1, 0.15) is 22.3 Å². The van der Waals surface area contributed by atoms with E-state index in [2.05, 4.69) is 121 Å². The molecule has 45 heavy (non-hydrogen) atoms. The number of rotatable bonds is 4. The molecule has 0 spiro atoms. The Hall–Kier alpha value is -4.61. The minimum atomic E-state index is -0.00181. The van der Waals surface area contributed by atoms with Gasteiger partial charge in [0.15, 0.2) is 0 Å². The molecule has 0 fully saturated rings. The summed E-state index contributed by atoms with van der Waals surface area (Å²) in [4.78, 5) is 11.9. The van der Waals surface area contributed by atoms with Gasteiger partial charge in [-0.15, -0.1) is 23.6 Å². The molecule has 0 saturated heterocycles. The Morgan fingerprint density at radius 1 is 0.756 bits per heavy atom. The molecule has 8 rings (SSSR count). The number of aromatic nitrogens is 4. The fraction of sp³-hybridized carbons (Fsp3) is 0.135. The van der Waals surface area contributed by atoms with Crippen LogP contribution < -0.4 is 15.0 Å². The van der Waals surface area contributed by atoms with Gasteiger partial charge in [0.25, 0.3) is 0 Å². The number of benzene rings is 4. The van der Waals surface area contributed by atoms with Gasteiger partial charge in [-0.2, -0.15) is 6.07 Å². The molecule has 0 unspecified atom stereocenters. The van der Waals surface area contributed by atoms with Gasteiger partial charge >= 0.3 is 28.0 Å². The molecule has 0 N–H and O–H groups in total. The average molecular weight is 767 g/mol. The SMILES string of the molecule is Cc1cnc(-n2c3[c-]c(Oc4[c-]c5c(cc4)N(C)B(c4c(C)cccc4C)n4ccnc4-5)ccc3c3ccccc32)cc1C.[Pt+2]. The maximum Gasteiger partial charge on any atom is 2.00 e. The fourth-order valence-corrected chi connectivity index (χ4v) is 6.60. The predicted octanol–water partition coefficient (Wildman–Crippen LogP) is 7.36. The molecular formula is C37H30BN5OPt. The Morgan fingerprint density at radius 3 is 2.31 bits per heavy atom. The number of fused-ring (bicyclic) bond motifs is 6. The molecule has 1 aliphatic heterocycles. The molecular weight excluding hydrogens is 736 g/mol. The summed E-state index contributed by atoms with van der Waals surface area (Å²) < 4.78 is 10.9. The number of imidazole rings is 1. The second-order valence-electron chi connectivity index (χ2n) is 11.7. The van der Waals surface area contributed by atoms with Crippen molar-refractivity contribution in [2.45, 2.75) is 27.7 Å². The molecule has 0 bridgehead atoms. The maximum atomic E-state index is 6.46. The van der Waals surface area contributed by atoms with Crippen LogP contribution in [0.4, 0.5) is 5.69 Å². The summed E-state index contributed by atoms with van der Waals surface area (Å²) in [6.45, 7) is 8.55. The van der Waals surface area contributed by atoms with Gasteiger partial charge < -0.3 is 18.6 Å². The van der Waals surface area contributed by atoms with E-state index >= 15 is 0 Å². The first-order valence-corrected chi connectivity index (χ1v) is 14.8. The number of hydrogen-bond acceptors (Lipinski definition) is 4. The first-order chi connectivity index (χ1) is 21.4. The smallest absolute Gasteiger partial charge is 0.503 e. The van der Waals surface area contributed by atoms with Crippen LogP contribution in [0.5, 0.6) is 11.5 Å². The summed E-state index contributed by atoms with van der Waals surface area (Å²) in [6, 6.07) is 32.3. The van der Waals surface area contributed by atoms with Gasteiger partial charge in [-0.05, 0) is 68.9 Å². The first-order valence-electron chi connectivity index (χ1n) is 14.8. The van der Waals surface area contributed by atoms with Gasteiger partial charge in [0, 0.05) is 41.4 Å². The molecule has 0 aliphatic carbocycles. The maximum absolute atomic E-state index is 6.46. The van der Waals surface area contributed by atoms with E-state index < -0.39 is 0 Å². The Balaban J connectivity index is 0.00000325. The topological polar surface area (TPSA) is 48.1 Å². The second-order valence-corrected chi connectivity index (χ2v) is 11.7. The molecule has 222 valence electrons. The Kier molecular flexibility index (Phi) is 7.17. The largest absolute Gasteiger partial charge is 2.00 e. The molecule has 1 aliphatic rings. The molecule has 0 saturated carbocycles. The Labute approximate surface area is 277 Å². The van der Waals surface area contributed by atoms with E-state index in [0.29, 0.717) is 11.5 Å². The van der Waals surface area contributed by atoms with Gasteiger partial charge in [-0.1, -0.05) is 76.4 Å². The number of para-hydroxylation sites is 1. The van der Waals surface area contributed by atoms with E-state index in [1.54, 1.807) is 0 Å². The predicted molar refractivity (Wildman–Crippen MR) is 179 cm³/mol. The Morgan fingerprint density at radius 2 is 1.51 bits per heavy atom. The monoisotopic (exact) mass is 766 g/mol. The van der Waals surface area contributed by atoms with Crippen molar-refractivity contribution in [3.05, 3.63) is 126 Å². The summed E-state index contributed by atoms with van der Waals surface area (Å²) in [5.74, 6) is 2.96. The second kappa shape index (κ2) is 11.1. The van der Waals surface area contributed by atoms with Crippen LogP contribution in [0.25, 0.3) is 39.0 Å². The summed E-state index contributed by atoms with van der Waals surface area (Å²) >= 11 is 0. The third-order valence-corrected chi connectivity index (χ3v) is 8.96. The van der Waals surface area contributed by atoms with E-state index in [4.69, 9.17) is 14.7 Å². The standard InChI is InChI=1S/C37H30BN5O.Pt/c1-23-9-8-10-24(2)36(23)38-41(5)32-16-14-27(20-31(32)37-39-17-18-42(37)38)44-28-13-15-30-29-11-6-7-12-33(29)43(34(30)21-28)35-19-25(3)26(4)22-40-35;/h6-19,22H,1-5H3;/q-2;+2. The fourth-order valence-electron chi connectivity index (χ4n) is 6.60. The number of pyridine rings is 1. The van der Waals surface area contributed by atoms with Crippen LogP contribution >= 0.6 is 0 Å². The molecule has 0 radical (unpaired) electrons. The van der Waals surface area contributed by atoms with Crippen molar-refractivity contribution in [2.75, 3.05) is 11.9 Å². The van der Waals surface area contributed by atoms with Crippen LogP contribution in [-0.2, 0) is 21.1 Å². The Bertz CT molecular complexity index is 2230. The van der Waals surface area contributed by atoms with Crippen LogP contribution in [0.15, 0.2) is 91.4 Å². The van der Waals surface area contributed by atoms with Gasteiger partial charge in [0.2, 0.25) is 0 Å². The molecule has 6 nitrogen and oxygen atoms in total. The molecule has 0 amide bonds. The number of hydrogen-bond donors (Lipinski definition) is 0. The quantitative estimate of drug-likeness (QED) is 0.139. The van der Waals surface area contributed by atoms with Gasteiger partial charge in [0.1, 0.15) is 5.82 Å². The van der Waals surface area contributed by atoms with E-state index in [-0.39, 0.29) is 28.0 Å². The van der Waals surface area contributed by atoms with Crippen LogP contribution in [0.3, 0.4) is 0 Å². The summed E-state index contributed by atoms with van der Waals surface area (Å²) in [7, 11) is 2.13. The van der Waals surface area contributed by atoms with Crippen molar-refractivity contribution in [1.82, 2.24) is 19.0 Å². The number of ether oxygens (including phenoxy) is 1. The average Bonchev–Trinajstić information content (AvgIpc) is 3.63. The van der Waals surface area contributed by atoms with E-state index in [9.17, 15) is 0 Å². The molecule has 4 aromatic carbocycles. The van der Waals surface area contributed by atoms with E-state index in [1.807, 2.05) is 30.7 Å². The number of nitrogens with zero attached hydrogens (tertiary/aromatic N) is 5. The van der Waals surface area contributed by atoms with Gasteiger partial charge in [-0.3, -0.25) is 4.98 Å². The molecule has 8 heteroatoms. The molecule has 4 heterocycles. The number of aryl methyl sites for hydroxylation is 4.